The van der Waals surface area contributed by atoms with Crippen LogP contribution in [0.5, 0.6) is 5.75 Å². The number of rotatable bonds is 4. The lowest BCUT2D eigenvalue weighted by Crippen LogP contribution is -2.29. The highest BCUT2D eigenvalue weighted by Gasteiger charge is 2.43. The Morgan fingerprint density at radius 3 is 2.58 bits per heavy atom. The second-order valence-electron chi connectivity index (χ2n) is 7.23. The van der Waals surface area contributed by atoms with E-state index in [-0.39, 0.29) is 17.1 Å². The maximum atomic E-state index is 13.6. The van der Waals surface area contributed by atoms with E-state index in [0.29, 0.717) is 39.6 Å². The van der Waals surface area contributed by atoms with E-state index < -0.39 is 6.04 Å². The minimum Gasteiger partial charge on any atom is -0.494 e. The van der Waals surface area contributed by atoms with E-state index in [1.54, 1.807) is 23.1 Å². The summed E-state index contributed by atoms with van der Waals surface area (Å²) in [5.74, 6) is 0.361. The van der Waals surface area contributed by atoms with Gasteiger partial charge >= 0.3 is 0 Å². The van der Waals surface area contributed by atoms with Gasteiger partial charge in [-0.1, -0.05) is 41.9 Å². The average molecular weight is 432 g/mol. The number of ether oxygens (including phenoxy) is 1. The van der Waals surface area contributed by atoms with E-state index in [0.717, 1.165) is 5.56 Å². The van der Waals surface area contributed by atoms with Gasteiger partial charge in [0.25, 0.3) is 5.91 Å². The standard InChI is InChI=1S/C25H18ClNO4/c1-2-30-18-10-6-7-15(13-18)22-21-23(28)19-14-16(26)11-12-20(19)31-24(21)25(29)27(22)17-8-4-3-5-9-17/h3-14,22H,2H2,1H3. The van der Waals surface area contributed by atoms with Crippen molar-refractivity contribution in [1.29, 1.82) is 0 Å². The number of para-hydroxylation sites is 1. The monoisotopic (exact) mass is 431 g/mol. The zero-order chi connectivity index (χ0) is 21.5. The number of anilines is 1. The largest absolute Gasteiger partial charge is 0.494 e. The van der Waals surface area contributed by atoms with Gasteiger partial charge in [0, 0.05) is 10.7 Å². The van der Waals surface area contributed by atoms with Crippen LogP contribution in [0.2, 0.25) is 5.02 Å². The summed E-state index contributed by atoms with van der Waals surface area (Å²) in [7, 11) is 0. The predicted octanol–water partition coefficient (Wildman–Crippen LogP) is 5.59. The van der Waals surface area contributed by atoms with Crippen molar-refractivity contribution in [1.82, 2.24) is 0 Å². The molecule has 0 bridgehead atoms. The van der Waals surface area contributed by atoms with E-state index in [2.05, 4.69) is 0 Å². The van der Waals surface area contributed by atoms with E-state index in [9.17, 15) is 9.59 Å². The van der Waals surface area contributed by atoms with Crippen molar-refractivity contribution >= 4 is 34.2 Å². The van der Waals surface area contributed by atoms with Gasteiger partial charge in [-0.2, -0.15) is 0 Å². The highest BCUT2D eigenvalue weighted by molar-refractivity contribution is 6.31. The molecule has 0 radical (unpaired) electrons. The molecule has 4 aromatic rings. The SMILES string of the molecule is CCOc1cccc(C2c3c(oc4ccc(Cl)cc4c3=O)C(=O)N2c2ccccc2)c1. The van der Waals surface area contributed by atoms with Crippen LogP contribution in [-0.2, 0) is 0 Å². The Hall–Kier alpha value is -3.57. The topological polar surface area (TPSA) is 59.8 Å². The molecule has 5 rings (SSSR count). The smallest absolute Gasteiger partial charge is 0.295 e. The van der Waals surface area contributed by atoms with Gasteiger partial charge in [-0.25, -0.2) is 0 Å². The maximum absolute atomic E-state index is 13.6. The van der Waals surface area contributed by atoms with Crippen molar-refractivity contribution in [3.8, 4) is 5.75 Å². The molecular formula is C25H18ClNO4. The Morgan fingerprint density at radius 2 is 1.81 bits per heavy atom. The molecule has 0 fully saturated rings. The summed E-state index contributed by atoms with van der Waals surface area (Å²) in [6, 6.07) is 20.9. The van der Waals surface area contributed by atoms with Crippen molar-refractivity contribution in [2.24, 2.45) is 0 Å². The van der Waals surface area contributed by atoms with Crippen molar-refractivity contribution in [2.75, 3.05) is 11.5 Å². The molecular weight excluding hydrogens is 414 g/mol. The fourth-order valence-corrected chi connectivity index (χ4v) is 4.23. The molecule has 0 spiro atoms. The molecule has 0 aliphatic carbocycles. The van der Waals surface area contributed by atoms with Crippen LogP contribution >= 0.6 is 11.6 Å². The molecule has 1 aliphatic rings. The van der Waals surface area contributed by atoms with E-state index in [4.69, 9.17) is 20.8 Å². The Kier molecular flexibility index (Phi) is 4.75. The first kappa shape index (κ1) is 19.4. The zero-order valence-electron chi connectivity index (χ0n) is 16.7. The van der Waals surface area contributed by atoms with Gasteiger partial charge < -0.3 is 9.15 Å². The van der Waals surface area contributed by atoms with Crippen molar-refractivity contribution in [2.45, 2.75) is 13.0 Å². The van der Waals surface area contributed by atoms with Crippen LogP contribution in [0.15, 0.2) is 82.0 Å². The molecule has 1 atom stereocenters. The van der Waals surface area contributed by atoms with Crippen molar-refractivity contribution < 1.29 is 13.9 Å². The minimum absolute atomic E-state index is 0.0514. The third kappa shape index (κ3) is 3.18. The average Bonchev–Trinajstić information content (AvgIpc) is 3.08. The quantitative estimate of drug-likeness (QED) is 0.422. The summed E-state index contributed by atoms with van der Waals surface area (Å²) in [5.41, 5.74) is 1.80. The Labute approximate surface area is 183 Å². The summed E-state index contributed by atoms with van der Waals surface area (Å²) < 4.78 is 11.6. The molecule has 154 valence electrons. The predicted molar refractivity (Wildman–Crippen MR) is 120 cm³/mol. The lowest BCUT2D eigenvalue weighted by atomic mass is 9.98. The van der Waals surface area contributed by atoms with E-state index in [1.165, 1.54) is 0 Å². The van der Waals surface area contributed by atoms with Crippen molar-refractivity contribution in [3.63, 3.8) is 0 Å². The van der Waals surface area contributed by atoms with Gasteiger partial charge in [0.1, 0.15) is 11.3 Å². The number of halogens is 1. The van der Waals surface area contributed by atoms with Gasteiger partial charge in [-0.15, -0.1) is 0 Å². The molecule has 0 N–H and O–H groups in total. The van der Waals surface area contributed by atoms with Crippen LogP contribution in [0.4, 0.5) is 5.69 Å². The fourth-order valence-electron chi connectivity index (χ4n) is 4.06. The van der Waals surface area contributed by atoms with Crippen LogP contribution in [0.1, 0.15) is 34.6 Å². The Bertz CT molecular complexity index is 1360. The van der Waals surface area contributed by atoms with Crippen LogP contribution < -0.4 is 15.1 Å². The number of benzene rings is 3. The summed E-state index contributed by atoms with van der Waals surface area (Å²) in [6.07, 6.45) is 0. The molecule has 3 aromatic carbocycles. The highest BCUT2D eigenvalue weighted by atomic mass is 35.5. The molecule has 1 aromatic heterocycles. The molecule has 0 saturated heterocycles. The van der Waals surface area contributed by atoms with Crippen LogP contribution in [0.25, 0.3) is 11.0 Å². The second kappa shape index (κ2) is 7.60. The Balaban J connectivity index is 1.80. The van der Waals surface area contributed by atoms with Crippen LogP contribution in [0.3, 0.4) is 0 Å². The first-order valence-corrected chi connectivity index (χ1v) is 10.3. The lowest BCUT2D eigenvalue weighted by molar-refractivity contribution is 0.0971. The molecule has 6 heteroatoms. The van der Waals surface area contributed by atoms with Gasteiger partial charge in [0.15, 0.2) is 5.43 Å². The molecule has 1 amide bonds. The third-order valence-corrected chi connectivity index (χ3v) is 5.59. The third-order valence-electron chi connectivity index (χ3n) is 5.35. The van der Waals surface area contributed by atoms with Crippen molar-refractivity contribution in [3.05, 3.63) is 105 Å². The number of fused-ring (bicyclic) bond motifs is 2. The first-order chi connectivity index (χ1) is 15.1. The van der Waals surface area contributed by atoms with Gasteiger partial charge in [0.2, 0.25) is 5.76 Å². The van der Waals surface area contributed by atoms with Gasteiger partial charge in [-0.3, -0.25) is 14.5 Å². The van der Waals surface area contributed by atoms with Crippen LogP contribution in [0, 0.1) is 0 Å². The molecule has 31 heavy (non-hydrogen) atoms. The number of hydrogen-bond donors (Lipinski definition) is 0. The fraction of sp³-hybridized carbons (Fsp3) is 0.120. The maximum Gasteiger partial charge on any atom is 0.295 e. The molecule has 1 aliphatic heterocycles. The summed E-state index contributed by atoms with van der Waals surface area (Å²) in [5, 5.41) is 0.777. The lowest BCUT2D eigenvalue weighted by Gasteiger charge is -2.25. The van der Waals surface area contributed by atoms with Gasteiger partial charge in [-0.05, 0) is 55.0 Å². The highest BCUT2D eigenvalue weighted by Crippen LogP contribution is 2.41. The number of hydrogen-bond acceptors (Lipinski definition) is 4. The molecule has 2 heterocycles. The van der Waals surface area contributed by atoms with Crippen LogP contribution in [-0.4, -0.2) is 12.5 Å². The number of carbonyl (C=O) groups is 1. The summed E-state index contributed by atoms with van der Waals surface area (Å²) >= 11 is 6.13. The summed E-state index contributed by atoms with van der Waals surface area (Å²) in [6.45, 7) is 2.42. The number of amides is 1. The van der Waals surface area contributed by atoms with E-state index in [1.807, 2.05) is 61.5 Å². The number of nitrogens with zero attached hydrogens (tertiary/aromatic N) is 1. The second-order valence-corrected chi connectivity index (χ2v) is 7.67. The van der Waals surface area contributed by atoms with E-state index >= 15 is 0 Å². The molecule has 5 nitrogen and oxygen atoms in total. The molecule has 1 unspecified atom stereocenters. The summed E-state index contributed by atoms with van der Waals surface area (Å²) in [4.78, 5) is 28.6. The van der Waals surface area contributed by atoms with Gasteiger partial charge in [0.05, 0.1) is 23.6 Å². The Morgan fingerprint density at radius 1 is 1.00 bits per heavy atom. The molecule has 0 saturated carbocycles. The normalized spacial score (nSPS) is 15.4. The zero-order valence-corrected chi connectivity index (χ0v) is 17.4. The first-order valence-electron chi connectivity index (χ1n) is 9.96. The number of carbonyl (C=O) groups excluding carboxylic acids is 1. The minimum atomic E-state index is -0.648.